The first-order chi connectivity index (χ1) is 7.29. The maximum atomic E-state index is 11.3. The molecule has 2 rings (SSSR count). The molecule has 0 unspecified atom stereocenters. The predicted molar refractivity (Wildman–Crippen MR) is 58.5 cm³/mol. The van der Waals surface area contributed by atoms with Gasteiger partial charge < -0.3 is 9.64 Å². The summed E-state index contributed by atoms with van der Waals surface area (Å²) in [4.78, 5) is 13.8. The molecule has 0 aromatic carbocycles. The summed E-state index contributed by atoms with van der Waals surface area (Å²) in [6.07, 6.45) is 6.22. The highest BCUT2D eigenvalue weighted by Crippen LogP contribution is 2.28. The van der Waals surface area contributed by atoms with Gasteiger partial charge in [0.15, 0.2) is 0 Å². The average molecular weight is 211 g/mol. The molecule has 0 aromatic heterocycles. The fourth-order valence-electron chi connectivity index (χ4n) is 2.56. The van der Waals surface area contributed by atoms with E-state index in [1.54, 1.807) is 0 Å². The molecule has 3 nitrogen and oxygen atoms in total. The fraction of sp³-hybridized carbons (Fsp3) is 0.917. The molecule has 0 radical (unpaired) electrons. The molecule has 2 aliphatic rings. The predicted octanol–water partition coefficient (Wildman–Crippen LogP) is 1.67. The molecule has 15 heavy (non-hydrogen) atoms. The van der Waals surface area contributed by atoms with Gasteiger partial charge in [0.2, 0.25) is 0 Å². The van der Waals surface area contributed by atoms with E-state index in [0.29, 0.717) is 0 Å². The standard InChI is InChI=1S/C12H21NO2/c1-15-12(14)11-5-7-13(8-6-11)9-10-3-2-4-10/h10-11H,2-9H2,1H3. The van der Waals surface area contributed by atoms with E-state index in [1.807, 2.05) is 0 Å². The number of nitrogens with zero attached hydrogens (tertiary/aromatic N) is 1. The van der Waals surface area contributed by atoms with Gasteiger partial charge in [-0.3, -0.25) is 4.79 Å². The minimum Gasteiger partial charge on any atom is -0.469 e. The number of piperidine rings is 1. The van der Waals surface area contributed by atoms with Crippen molar-refractivity contribution < 1.29 is 9.53 Å². The van der Waals surface area contributed by atoms with E-state index in [1.165, 1.54) is 32.9 Å². The molecule has 1 aliphatic carbocycles. The van der Waals surface area contributed by atoms with E-state index >= 15 is 0 Å². The second kappa shape index (κ2) is 4.97. The van der Waals surface area contributed by atoms with E-state index in [-0.39, 0.29) is 11.9 Å². The normalized spacial score (nSPS) is 24.9. The van der Waals surface area contributed by atoms with Gasteiger partial charge in [0, 0.05) is 6.54 Å². The van der Waals surface area contributed by atoms with Crippen molar-refractivity contribution in [2.45, 2.75) is 32.1 Å². The van der Waals surface area contributed by atoms with Crippen LogP contribution in [0.2, 0.25) is 0 Å². The zero-order chi connectivity index (χ0) is 10.7. The highest BCUT2D eigenvalue weighted by molar-refractivity contribution is 5.72. The maximum absolute atomic E-state index is 11.3. The van der Waals surface area contributed by atoms with Crippen LogP contribution in [-0.2, 0) is 9.53 Å². The lowest BCUT2D eigenvalue weighted by Gasteiger charge is -2.36. The Labute approximate surface area is 91.8 Å². The first-order valence-electron chi connectivity index (χ1n) is 6.10. The Hall–Kier alpha value is -0.570. The minimum atomic E-state index is -0.0155. The SMILES string of the molecule is COC(=O)C1CCN(CC2CCC2)CC1. The molecule has 0 aromatic rings. The molecule has 0 N–H and O–H groups in total. The van der Waals surface area contributed by atoms with Gasteiger partial charge in [-0.1, -0.05) is 6.42 Å². The van der Waals surface area contributed by atoms with Crippen molar-refractivity contribution in [2.24, 2.45) is 11.8 Å². The van der Waals surface area contributed by atoms with Crippen LogP contribution in [-0.4, -0.2) is 37.6 Å². The third kappa shape index (κ3) is 2.71. The molecule has 1 aliphatic heterocycles. The Kier molecular flexibility index (Phi) is 3.62. The lowest BCUT2D eigenvalue weighted by molar-refractivity contribution is -0.147. The van der Waals surface area contributed by atoms with Crippen LogP contribution in [0.1, 0.15) is 32.1 Å². The molecular formula is C12H21NO2. The van der Waals surface area contributed by atoms with Crippen molar-refractivity contribution in [2.75, 3.05) is 26.7 Å². The number of carbonyl (C=O) groups excluding carboxylic acids is 1. The number of hydrogen-bond donors (Lipinski definition) is 0. The van der Waals surface area contributed by atoms with Crippen LogP contribution in [0.3, 0.4) is 0 Å². The Bertz CT molecular complexity index is 218. The Morgan fingerprint density at radius 1 is 1.27 bits per heavy atom. The summed E-state index contributed by atoms with van der Waals surface area (Å²) >= 11 is 0. The van der Waals surface area contributed by atoms with Crippen LogP contribution in [0, 0.1) is 11.8 Å². The van der Waals surface area contributed by atoms with Crippen molar-refractivity contribution in [1.29, 1.82) is 0 Å². The highest BCUT2D eigenvalue weighted by Gasteiger charge is 2.27. The van der Waals surface area contributed by atoms with Crippen LogP contribution in [0.5, 0.6) is 0 Å². The Morgan fingerprint density at radius 2 is 1.93 bits per heavy atom. The highest BCUT2D eigenvalue weighted by atomic mass is 16.5. The lowest BCUT2D eigenvalue weighted by Crippen LogP contribution is -2.40. The second-order valence-electron chi connectivity index (χ2n) is 4.89. The minimum absolute atomic E-state index is 0.0155. The third-order valence-corrected chi connectivity index (χ3v) is 3.86. The molecule has 1 saturated heterocycles. The van der Waals surface area contributed by atoms with Crippen LogP contribution in [0.15, 0.2) is 0 Å². The Morgan fingerprint density at radius 3 is 2.40 bits per heavy atom. The van der Waals surface area contributed by atoms with Gasteiger partial charge in [-0.15, -0.1) is 0 Å². The third-order valence-electron chi connectivity index (χ3n) is 3.86. The van der Waals surface area contributed by atoms with Crippen molar-refractivity contribution in [3.05, 3.63) is 0 Å². The number of rotatable bonds is 3. The lowest BCUT2D eigenvalue weighted by atomic mass is 9.84. The summed E-state index contributed by atoms with van der Waals surface area (Å²) in [6.45, 7) is 3.42. The summed E-state index contributed by atoms with van der Waals surface area (Å²) in [5.74, 6) is 1.09. The van der Waals surface area contributed by atoms with Crippen LogP contribution >= 0.6 is 0 Å². The smallest absolute Gasteiger partial charge is 0.308 e. The number of esters is 1. The Balaban J connectivity index is 1.69. The van der Waals surface area contributed by atoms with E-state index in [2.05, 4.69) is 4.90 Å². The number of methoxy groups -OCH3 is 1. The zero-order valence-electron chi connectivity index (χ0n) is 9.58. The molecular weight excluding hydrogens is 190 g/mol. The molecule has 0 spiro atoms. The molecule has 1 saturated carbocycles. The number of carbonyl (C=O) groups is 1. The molecule has 0 atom stereocenters. The van der Waals surface area contributed by atoms with Gasteiger partial charge in [0.1, 0.15) is 0 Å². The van der Waals surface area contributed by atoms with E-state index in [0.717, 1.165) is 31.8 Å². The molecule has 2 fully saturated rings. The van der Waals surface area contributed by atoms with Gasteiger partial charge in [-0.25, -0.2) is 0 Å². The molecule has 1 heterocycles. The zero-order valence-corrected chi connectivity index (χ0v) is 9.58. The maximum Gasteiger partial charge on any atom is 0.308 e. The number of ether oxygens (including phenoxy) is 1. The van der Waals surface area contributed by atoms with Gasteiger partial charge in [-0.05, 0) is 44.7 Å². The van der Waals surface area contributed by atoms with Crippen molar-refractivity contribution in [3.63, 3.8) is 0 Å². The average Bonchev–Trinajstić information content (AvgIpc) is 2.23. The summed E-state index contributed by atoms with van der Waals surface area (Å²) in [7, 11) is 1.49. The molecule has 0 amide bonds. The monoisotopic (exact) mass is 211 g/mol. The first kappa shape index (κ1) is 10.9. The fourth-order valence-corrected chi connectivity index (χ4v) is 2.56. The van der Waals surface area contributed by atoms with Crippen LogP contribution in [0.4, 0.5) is 0 Å². The first-order valence-corrected chi connectivity index (χ1v) is 6.10. The van der Waals surface area contributed by atoms with Crippen molar-refractivity contribution in [1.82, 2.24) is 4.90 Å². The van der Waals surface area contributed by atoms with E-state index in [9.17, 15) is 4.79 Å². The topological polar surface area (TPSA) is 29.5 Å². The quantitative estimate of drug-likeness (QED) is 0.665. The van der Waals surface area contributed by atoms with Gasteiger partial charge in [0.05, 0.1) is 13.0 Å². The largest absolute Gasteiger partial charge is 0.469 e. The summed E-state index contributed by atoms with van der Waals surface area (Å²) in [5, 5.41) is 0. The van der Waals surface area contributed by atoms with Gasteiger partial charge >= 0.3 is 5.97 Å². The van der Waals surface area contributed by atoms with Gasteiger partial charge in [0.25, 0.3) is 0 Å². The summed E-state index contributed by atoms with van der Waals surface area (Å²) in [5.41, 5.74) is 0. The van der Waals surface area contributed by atoms with Crippen LogP contribution in [0.25, 0.3) is 0 Å². The molecule has 0 bridgehead atoms. The number of hydrogen-bond acceptors (Lipinski definition) is 3. The van der Waals surface area contributed by atoms with E-state index < -0.39 is 0 Å². The summed E-state index contributed by atoms with van der Waals surface area (Å²) < 4.78 is 4.78. The van der Waals surface area contributed by atoms with Crippen LogP contribution < -0.4 is 0 Å². The van der Waals surface area contributed by atoms with Crippen molar-refractivity contribution >= 4 is 5.97 Å². The van der Waals surface area contributed by atoms with Crippen molar-refractivity contribution in [3.8, 4) is 0 Å². The van der Waals surface area contributed by atoms with E-state index in [4.69, 9.17) is 4.74 Å². The number of likely N-dealkylation sites (tertiary alicyclic amines) is 1. The molecule has 3 heteroatoms. The summed E-state index contributed by atoms with van der Waals surface area (Å²) in [6, 6.07) is 0. The molecule has 86 valence electrons. The second-order valence-corrected chi connectivity index (χ2v) is 4.89. The van der Waals surface area contributed by atoms with Gasteiger partial charge in [-0.2, -0.15) is 0 Å².